The van der Waals surface area contributed by atoms with Crippen molar-refractivity contribution < 1.29 is 14.0 Å². The van der Waals surface area contributed by atoms with E-state index in [0.717, 1.165) is 24.1 Å². The number of hydrogen-bond donors (Lipinski definition) is 2. The molecule has 1 aliphatic heterocycles. The van der Waals surface area contributed by atoms with E-state index in [1.54, 1.807) is 17.0 Å². The Balaban J connectivity index is 1.56. The lowest BCUT2D eigenvalue weighted by Gasteiger charge is -2.32. The molecule has 2 amide bonds. The molecule has 6 nitrogen and oxygen atoms in total. The van der Waals surface area contributed by atoms with Crippen molar-refractivity contribution in [2.45, 2.75) is 39.0 Å². The molecular weight excluding hydrogens is 347 g/mol. The van der Waals surface area contributed by atoms with Crippen LogP contribution >= 0.6 is 0 Å². The molecule has 1 aliphatic rings. The maximum Gasteiger partial charge on any atom is 0.230 e. The SMILES string of the molecule is CC(C)c1cc(NC(=O)C2CCCN(C(=O)Cc3ccc(F)cc3)C2)n[nH]1. The minimum absolute atomic E-state index is 0.0408. The summed E-state index contributed by atoms with van der Waals surface area (Å²) in [5, 5.41) is 9.88. The zero-order valence-corrected chi connectivity index (χ0v) is 15.7. The van der Waals surface area contributed by atoms with Crippen molar-refractivity contribution in [2.75, 3.05) is 18.4 Å². The first-order valence-corrected chi connectivity index (χ1v) is 9.30. The molecule has 1 fully saturated rings. The minimum Gasteiger partial charge on any atom is -0.342 e. The number of rotatable bonds is 5. The Kier molecular flexibility index (Phi) is 5.88. The number of aromatic amines is 1. The number of hydrogen-bond acceptors (Lipinski definition) is 3. The number of carbonyl (C=O) groups is 2. The number of aromatic nitrogens is 2. The highest BCUT2D eigenvalue weighted by molar-refractivity contribution is 5.92. The zero-order valence-electron chi connectivity index (χ0n) is 15.7. The minimum atomic E-state index is -0.320. The molecule has 1 atom stereocenters. The molecule has 144 valence electrons. The highest BCUT2D eigenvalue weighted by Gasteiger charge is 2.28. The van der Waals surface area contributed by atoms with Crippen molar-refractivity contribution in [1.29, 1.82) is 0 Å². The molecule has 1 unspecified atom stereocenters. The van der Waals surface area contributed by atoms with E-state index in [-0.39, 0.29) is 30.0 Å². The Hall–Kier alpha value is -2.70. The molecule has 0 aliphatic carbocycles. The fraction of sp³-hybridized carbons (Fsp3) is 0.450. The van der Waals surface area contributed by atoms with Gasteiger partial charge in [0.1, 0.15) is 5.82 Å². The van der Waals surface area contributed by atoms with Gasteiger partial charge in [-0.3, -0.25) is 14.7 Å². The molecule has 1 aromatic heterocycles. The number of nitrogens with one attached hydrogen (secondary N) is 2. The summed E-state index contributed by atoms with van der Waals surface area (Å²) in [7, 11) is 0. The summed E-state index contributed by atoms with van der Waals surface area (Å²) in [6.07, 6.45) is 1.74. The molecule has 27 heavy (non-hydrogen) atoms. The van der Waals surface area contributed by atoms with E-state index >= 15 is 0 Å². The zero-order chi connectivity index (χ0) is 19.4. The van der Waals surface area contributed by atoms with Crippen LogP contribution in [0.2, 0.25) is 0 Å². The predicted molar refractivity (Wildman–Crippen MR) is 101 cm³/mol. The van der Waals surface area contributed by atoms with Crippen LogP contribution in [-0.2, 0) is 16.0 Å². The Morgan fingerprint density at radius 3 is 2.74 bits per heavy atom. The average molecular weight is 372 g/mol. The second-order valence-corrected chi connectivity index (χ2v) is 7.33. The summed E-state index contributed by atoms with van der Waals surface area (Å²) in [5.74, 6) is 0.0861. The van der Waals surface area contributed by atoms with Gasteiger partial charge in [-0.2, -0.15) is 5.10 Å². The van der Waals surface area contributed by atoms with Gasteiger partial charge >= 0.3 is 0 Å². The van der Waals surface area contributed by atoms with E-state index in [1.807, 2.05) is 19.9 Å². The number of benzene rings is 1. The van der Waals surface area contributed by atoms with E-state index in [9.17, 15) is 14.0 Å². The first kappa shape index (κ1) is 19.1. The maximum absolute atomic E-state index is 13.0. The standard InChI is InChI=1S/C20H25FN4O2/c1-13(2)17-11-18(24-23-17)22-20(27)15-4-3-9-25(12-15)19(26)10-14-5-7-16(21)8-6-14/h5-8,11,13,15H,3-4,9-10,12H2,1-2H3,(H2,22,23,24,27). The van der Waals surface area contributed by atoms with Gasteiger partial charge in [-0.05, 0) is 36.5 Å². The molecule has 0 spiro atoms. The molecule has 0 radical (unpaired) electrons. The van der Waals surface area contributed by atoms with Crippen LogP contribution in [0.3, 0.4) is 0 Å². The lowest BCUT2D eigenvalue weighted by Crippen LogP contribution is -2.44. The molecule has 2 heterocycles. The first-order chi connectivity index (χ1) is 12.9. The van der Waals surface area contributed by atoms with E-state index < -0.39 is 0 Å². The summed E-state index contributed by atoms with van der Waals surface area (Å²) in [6.45, 7) is 5.13. The van der Waals surface area contributed by atoms with Gasteiger partial charge in [0.25, 0.3) is 0 Å². The van der Waals surface area contributed by atoms with Gasteiger partial charge in [0.15, 0.2) is 5.82 Å². The van der Waals surface area contributed by atoms with E-state index in [0.29, 0.717) is 24.8 Å². The molecule has 2 aromatic rings. The van der Waals surface area contributed by atoms with Crippen LogP contribution in [0.5, 0.6) is 0 Å². The summed E-state index contributed by atoms with van der Waals surface area (Å²) < 4.78 is 13.0. The fourth-order valence-electron chi connectivity index (χ4n) is 3.23. The molecular formula is C20H25FN4O2. The average Bonchev–Trinajstić information content (AvgIpc) is 3.12. The predicted octanol–water partition coefficient (Wildman–Crippen LogP) is 3.09. The van der Waals surface area contributed by atoms with Crippen LogP contribution in [0.4, 0.5) is 10.2 Å². The first-order valence-electron chi connectivity index (χ1n) is 9.30. The molecule has 1 aromatic carbocycles. The summed E-state index contributed by atoms with van der Waals surface area (Å²) in [4.78, 5) is 26.8. The summed E-state index contributed by atoms with van der Waals surface area (Å²) in [5.41, 5.74) is 1.73. The van der Waals surface area contributed by atoms with Gasteiger partial charge in [-0.15, -0.1) is 0 Å². The van der Waals surface area contributed by atoms with Crippen molar-refractivity contribution in [2.24, 2.45) is 5.92 Å². The van der Waals surface area contributed by atoms with Crippen molar-refractivity contribution in [3.8, 4) is 0 Å². The Morgan fingerprint density at radius 1 is 1.33 bits per heavy atom. The van der Waals surface area contributed by atoms with Gasteiger partial charge < -0.3 is 10.2 Å². The van der Waals surface area contributed by atoms with Crippen LogP contribution in [0.15, 0.2) is 30.3 Å². The largest absolute Gasteiger partial charge is 0.342 e. The number of amides is 2. The highest BCUT2D eigenvalue weighted by Crippen LogP contribution is 2.21. The van der Waals surface area contributed by atoms with Crippen molar-refractivity contribution in [3.63, 3.8) is 0 Å². The monoisotopic (exact) mass is 372 g/mol. The molecule has 0 saturated carbocycles. The molecule has 7 heteroatoms. The third kappa shape index (κ3) is 4.93. The van der Waals surface area contributed by atoms with Gasteiger partial charge in [0, 0.05) is 24.8 Å². The van der Waals surface area contributed by atoms with Gasteiger partial charge in [0.2, 0.25) is 11.8 Å². The molecule has 1 saturated heterocycles. The summed E-state index contributed by atoms with van der Waals surface area (Å²) >= 11 is 0. The van der Waals surface area contributed by atoms with Gasteiger partial charge in [-0.25, -0.2) is 4.39 Å². The smallest absolute Gasteiger partial charge is 0.230 e. The third-order valence-electron chi connectivity index (χ3n) is 4.88. The number of H-pyrrole nitrogens is 1. The van der Waals surface area contributed by atoms with Crippen LogP contribution < -0.4 is 5.32 Å². The molecule has 0 bridgehead atoms. The number of likely N-dealkylation sites (tertiary alicyclic amines) is 1. The van der Waals surface area contributed by atoms with Crippen LogP contribution in [0, 0.1) is 11.7 Å². The number of carbonyl (C=O) groups excluding carboxylic acids is 2. The van der Waals surface area contributed by atoms with Gasteiger partial charge in [0.05, 0.1) is 12.3 Å². The Bertz CT molecular complexity index is 801. The van der Waals surface area contributed by atoms with Gasteiger partial charge in [-0.1, -0.05) is 26.0 Å². The van der Waals surface area contributed by atoms with Crippen molar-refractivity contribution >= 4 is 17.6 Å². The van der Waals surface area contributed by atoms with E-state index in [4.69, 9.17) is 0 Å². The molecule has 2 N–H and O–H groups in total. The third-order valence-corrected chi connectivity index (χ3v) is 4.88. The van der Waals surface area contributed by atoms with E-state index in [1.165, 1.54) is 12.1 Å². The van der Waals surface area contributed by atoms with Crippen LogP contribution in [-0.4, -0.2) is 40.0 Å². The number of piperidine rings is 1. The van der Waals surface area contributed by atoms with Crippen LogP contribution in [0.25, 0.3) is 0 Å². The van der Waals surface area contributed by atoms with Crippen molar-refractivity contribution in [1.82, 2.24) is 15.1 Å². The topological polar surface area (TPSA) is 78.1 Å². The number of halogens is 1. The van der Waals surface area contributed by atoms with Crippen molar-refractivity contribution in [3.05, 3.63) is 47.4 Å². The maximum atomic E-state index is 13.0. The number of anilines is 1. The van der Waals surface area contributed by atoms with Crippen LogP contribution in [0.1, 0.15) is 43.9 Å². The quantitative estimate of drug-likeness (QED) is 0.847. The second kappa shape index (κ2) is 8.33. The normalized spacial score (nSPS) is 17.2. The highest BCUT2D eigenvalue weighted by atomic mass is 19.1. The number of nitrogens with zero attached hydrogens (tertiary/aromatic N) is 2. The fourth-order valence-corrected chi connectivity index (χ4v) is 3.23. The summed E-state index contributed by atoms with van der Waals surface area (Å²) in [6, 6.07) is 7.77. The van der Waals surface area contributed by atoms with E-state index in [2.05, 4.69) is 15.5 Å². The second-order valence-electron chi connectivity index (χ2n) is 7.33. The molecule has 3 rings (SSSR count). The Labute approximate surface area is 158 Å². The Morgan fingerprint density at radius 2 is 2.07 bits per heavy atom. The lowest BCUT2D eigenvalue weighted by atomic mass is 9.96. The lowest BCUT2D eigenvalue weighted by molar-refractivity contribution is -0.133.